The van der Waals surface area contributed by atoms with Crippen molar-refractivity contribution >= 4 is 23.4 Å². The molecule has 102 valence electrons. The Hall–Kier alpha value is -1.00. The van der Waals surface area contributed by atoms with Gasteiger partial charge in [-0.2, -0.15) is 0 Å². The number of thioether (sulfide) groups is 1. The van der Waals surface area contributed by atoms with Crippen LogP contribution >= 0.6 is 11.8 Å². The Morgan fingerprint density at radius 2 is 2.37 bits per heavy atom. The standard InChI is InChI=1S/C15H19NO2S/c1-11-2-3-13-14(8-11)19-10-15(17)16(13)6-4-12-5-7-18-9-12/h2-3,8,12H,4-7,9-10H2,1H3/t12-/m1/s1. The molecule has 0 spiro atoms. The van der Waals surface area contributed by atoms with Gasteiger partial charge < -0.3 is 9.64 Å². The van der Waals surface area contributed by atoms with Gasteiger partial charge in [-0.05, 0) is 43.4 Å². The first-order chi connectivity index (χ1) is 9.24. The number of anilines is 1. The highest BCUT2D eigenvalue weighted by Crippen LogP contribution is 2.36. The molecule has 0 aromatic heterocycles. The Labute approximate surface area is 118 Å². The number of fused-ring (bicyclic) bond motifs is 1. The third kappa shape index (κ3) is 2.79. The number of hydrogen-bond donors (Lipinski definition) is 0. The fourth-order valence-electron chi connectivity index (χ4n) is 2.68. The summed E-state index contributed by atoms with van der Waals surface area (Å²) in [4.78, 5) is 15.3. The van der Waals surface area contributed by atoms with Gasteiger partial charge in [0.1, 0.15) is 0 Å². The third-order valence-electron chi connectivity index (χ3n) is 3.84. The second kappa shape index (κ2) is 5.55. The zero-order valence-corrected chi connectivity index (χ0v) is 12.0. The van der Waals surface area contributed by atoms with Crippen molar-refractivity contribution in [2.75, 3.05) is 30.4 Å². The molecule has 2 aliphatic heterocycles. The Morgan fingerprint density at radius 3 is 3.16 bits per heavy atom. The molecule has 0 saturated carbocycles. The Morgan fingerprint density at radius 1 is 1.47 bits per heavy atom. The highest BCUT2D eigenvalue weighted by molar-refractivity contribution is 8.00. The molecule has 1 aromatic rings. The summed E-state index contributed by atoms with van der Waals surface area (Å²) in [5.74, 6) is 1.42. The molecule has 1 amide bonds. The van der Waals surface area contributed by atoms with Crippen LogP contribution in [0.5, 0.6) is 0 Å². The molecule has 1 aromatic carbocycles. The molecular formula is C15H19NO2S. The topological polar surface area (TPSA) is 29.5 Å². The van der Waals surface area contributed by atoms with Gasteiger partial charge in [-0.15, -0.1) is 11.8 Å². The van der Waals surface area contributed by atoms with Crippen molar-refractivity contribution in [3.8, 4) is 0 Å². The zero-order chi connectivity index (χ0) is 13.2. The molecule has 0 unspecified atom stereocenters. The van der Waals surface area contributed by atoms with Crippen LogP contribution in [0.1, 0.15) is 18.4 Å². The van der Waals surface area contributed by atoms with E-state index in [2.05, 4.69) is 25.1 Å². The molecule has 1 atom stereocenters. The van der Waals surface area contributed by atoms with Crippen LogP contribution in [0.25, 0.3) is 0 Å². The predicted octanol–water partition coefficient (Wildman–Crippen LogP) is 2.86. The number of aryl methyl sites for hydroxylation is 1. The van der Waals surface area contributed by atoms with Gasteiger partial charge in [-0.25, -0.2) is 0 Å². The maximum atomic E-state index is 12.1. The van der Waals surface area contributed by atoms with Crippen molar-refractivity contribution in [2.24, 2.45) is 5.92 Å². The van der Waals surface area contributed by atoms with E-state index in [1.54, 1.807) is 11.8 Å². The highest BCUT2D eigenvalue weighted by Gasteiger charge is 2.26. The van der Waals surface area contributed by atoms with E-state index in [1.165, 1.54) is 10.5 Å². The second-order valence-electron chi connectivity index (χ2n) is 5.32. The smallest absolute Gasteiger partial charge is 0.237 e. The van der Waals surface area contributed by atoms with Gasteiger partial charge >= 0.3 is 0 Å². The molecule has 19 heavy (non-hydrogen) atoms. The van der Waals surface area contributed by atoms with Gasteiger partial charge in [0.25, 0.3) is 0 Å². The molecule has 2 heterocycles. The van der Waals surface area contributed by atoms with Crippen LogP contribution in [0.3, 0.4) is 0 Å². The quantitative estimate of drug-likeness (QED) is 0.851. The van der Waals surface area contributed by atoms with Crippen molar-refractivity contribution in [3.05, 3.63) is 23.8 Å². The van der Waals surface area contributed by atoms with Crippen LogP contribution in [0.2, 0.25) is 0 Å². The van der Waals surface area contributed by atoms with E-state index in [0.717, 1.165) is 38.3 Å². The lowest BCUT2D eigenvalue weighted by atomic mass is 10.0. The molecule has 0 radical (unpaired) electrons. The Bertz CT molecular complexity index is 483. The number of nitrogens with zero attached hydrogens (tertiary/aromatic N) is 1. The van der Waals surface area contributed by atoms with Crippen molar-refractivity contribution in [2.45, 2.75) is 24.7 Å². The molecule has 0 aliphatic carbocycles. The second-order valence-corrected chi connectivity index (χ2v) is 6.34. The van der Waals surface area contributed by atoms with Crippen molar-refractivity contribution < 1.29 is 9.53 Å². The number of amides is 1. The Balaban J connectivity index is 1.74. The maximum Gasteiger partial charge on any atom is 0.237 e. The summed E-state index contributed by atoms with van der Waals surface area (Å²) in [6.07, 6.45) is 2.18. The molecule has 2 aliphatic rings. The fraction of sp³-hybridized carbons (Fsp3) is 0.533. The summed E-state index contributed by atoms with van der Waals surface area (Å²) in [5, 5.41) is 0. The van der Waals surface area contributed by atoms with Gasteiger partial charge in [-0.1, -0.05) is 6.07 Å². The first kappa shape index (κ1) is 13.0. The lowest BCUT2D eigenvalue weighted by Crippen LogP contribution is -2.37. The monoisotopic (exact) mass is 277 g/mol. The molecule has 1 fully saturated rings. The van der Waals surface area contributed by atoms with Gasteiger partial charge in [-0.3, -0.25) is 4.79 Å². The molecule has 1 saturated heterocycles. The molecule has 3 nitrogen and oxygen atoms in total. The molecule has 0 bridgehead atoms. The number of ether oxygens (including phenoxy) is 1. The minimum atomic E-state index is 0.236. The van der Waals surface area contributed by atoms with Crippen LogP contribution in [-0.2, 0) is 9.53 Å². The first-order valence-electron chi connectivity index (χ1n) is 6.85. The van der Waals surface area contributed by atoms with Crippen molar-refractivity contribution in [3.63, 3.8) is 0 Å². The predicted molar refractivity (Wildman–Crippen MR) is 77.8 cm³/mol. The van der Waals surface area contributed by atoms with Gasteiger partial charge in [0, 0.05) is 24.7 Å². The minimum absolute atomic E-state index is 0.236. The number of hydrogen-bond acceptors (Lipinski definition) is 3. The highest BCUT2D eigenvalue weighted by atomic mass is 32.2. The Kier molecular flexibility index (Phi) is 3.80. The van der Waals surface area contributed by atoms with E-state index in [4.69, 9.17) is 4.74 Å². The average molecular weight is 277 g/mol. The van der Waals surface area contributed by atoms with E-state index >= 15 is 0 Å². The maximum absolute atomic E-state index is 12.1. The van der Waals surface area contributed by atoms with Crippen LogP contribution in [0.4, 0.5) is 5.69 Å². The van der Waals surface area contributed by atoms with Gasteiger partial charge in [0.05, 0.1) is 11.4 Å². The van der Waals surface area contributed by atoms with Crippen LogP contribution in [0, 0.1) is 12.8 Å². The number of carbonyl (C=O) groups excluding carboxylic acids is 1. The van der Waals surface area contributed by atoms with E-state index in [9.17, 15) is 4.79 Å². The summed E-state index contributed by atoms with van der Waals surface area (Å²) < 4.78 is 5.40. The van der Waals surface area contributed by atoms with E-state index in [-0.39, 0.29) is 5.91 Å². The fourth-order valence-corrected chi connectivity index (χ4v) is 3.71. The summed E-state index contributed by atoms with van der Waals surface area (Å²) in [5.41, 5.74) is 2.34. The van der Waals surface area contributed by atoms with Crippen LogP contribution < -0.4 is 4.90 Å². The van der Waals surface area contributed by atoms with Gasteiger partial charge in [0.15, 0.2) is 0 Å². The first-order valence-corrected chi connectivity index (χ1v) is 7.84. The van der Waals surface area contributed by atoms with Crippen molar-refractivity contribution in [1.29, 1.82) is 0 Å². The molecular weight excluding hydrogens is 258 g/mol. The third-order valence-corrected chi connectivity index (χ3v) is 4.87. The van der Waals surface area contributed by atoms with E-state index in [1.807, 2.05) is 4.90 Å². The average Bonchev–Trinajstić information content (AvgIpc) is 2.91. The van der Waals surface area contributed by atoms with Crippen molar-refractivity contribution in [1.82, 2.24) is 0 Å². The lowest BCUT2D eigenvalue weighted by molar-refractivity contribution is -0.116. The summed E-state index contributed by atoms with van der Waals surface area (Å²) >= 11 is 1.66. The largest absolute Gasteiger partial charge is 0.381 e. The van der Waals surface area contributed by atoms with E-state index in [0.29, 0.717) is 11.7 Å². The van der Waals surface area contributed by atoms with Crippen LogP contribution in [-0.4, -0.2) is 31.4 Å². The SMILES string of the molecule is Cc1ccc2c(c1)SCC(=O)N2CC[C@@H]1CCOC1. The minimum Gasteiger partial charge on any atom is -0.381 e. The molecule has 3 rings (SSSR count). The zero-order valence-electron chi connectivity index (χ0n) is 11.2. The van der Waals surface area contributed by atoms with Gasteiger partial charge in [0.2, 0.25) is 5.91 Å². The molecule has 0 N–H and O–H groups in total. The normalized spacial score (nSPS) is 22.7. The number of carbonyl (C=O) groups is 1. The molecule has 4 heteroatoms. The lowest BCUT2D eigenvalue weighted by Gasteiger charge is -2.30. The van der Waals surface area contributed by atoms with E-state index < -0.39 is 0 Å². The number of rotatable bonds is 3. The van der Waals surface area contributed by atoms with Crippen LogP contribution in [0.15, 0.2) is 23.1 Å². The number of benzene rings is 1. The summed E-state index contributed by atoms with van der Waals surface area (Å²) in [6, 6.07) is 6.35. The summed E-state index contributed by atoms with van der Waals surface area (Å²) in [6.45, 7) is 4.66. The summed E-state index contributed by atoms with van der Waals surface area (Å²) in [7, 11) is 0.